The van der Waals surface area contributed by atoms with Crippen molar-refractivity contribution in [2.45, 2.75) is 13.8 Å². The molecule has 3 rings (SSSR count). The summed E-state index contributed by atoms with van der Waals surface area (Å²) in [5.74, 6) is -0.968. The van der Waals surface area contributed by atoms with Gasteiger partial charge >= 0.3 is 0 Å². The number of benzene rings is 2. The summed E-state index contributed by atoms with van der Waals surface area (Å²) >= 11 is 6.81. The number of nitrogens with zero attached hydrogens (tertiary/aromatic N) is 3. The summed E-state index contributed by atoms with van der Waals surface area (Å²) in [6.45, 7) is 3.39. The Morgan fingerprint density at radius 2 is 1.11 bits per heavy atom. The summed E-state index contributed by atoms with van der Waals surface area (Å²) < 4.78 is 1.36. The largest absolute Gasteiger partial charge is 0.273 e. The first kappa shape index (κ1) is 26.9. The van der Waals surface area contributed by atoms with Gasteiger partial charge in [0.05, 0.1) is 34.9 Å². The van der Waals surface area contributed by atoms with E-state index in [0.717, 1.165) is 11.1 Å². The molecule has 0 unspecified atom stereocenters. The van der Waals surface area contributed by atoms with Crippen LogP contribution < -0.4 is 10.9 Å². The topological polar surface area (TPSA) is 95.8 Å². The number of amides is 2. The number of hydrazone groups is 2. The van der Waals surface area contributed by atoms with Crippen LogP contribution in [-0.4, -0.2) is 29.2 Å². The van der Waals surface area contributed by atoms with E-state index in [1.807, 2.05) is 72.8 Å². The van der Waals surface area contributed by atoms with Crippen LogP contribution in [0, 0.1) is 13.8 Å². The molecule has 7 nitrogen and oxygen atoms in total. The number of allylic oxidation sites excluding steroid dienone is 2. The van der Waals surface area contributed by atoms with Crippen molar-refractivity contribution in [3.8, 4) is 0 Å². The van der Waals surface area contributed by atoms with E-state index in [-0.39, 0.29) is 11.1 Å². The lowest BCUT2D eigenvalue weighted by atomic mass is 10.1. The second-order valence-corrected chi connectivity index (χ2v) is 9.36. The average molecular weight is 609 g/mol. The number of hydrogen-bond acceptors (Lipinski definition) is 5. The van der Waals surface area contributed by atoms with Crippen molar-refractivity contribution in [3.05, 3.63) is 109 Å². The van der Waals surface area contributed by atoms with Gasteiger partial charge in [0, 0.05) is 8.96 Å². The Balaban J connectivity index is 1.66. The van der Waals surface area contributed by atoms with Gasteiger partial charge < -0.3 is 0 Å². The van der Waals surface area contributed by atoms with E-state index in [1.54, 1.807) is 13.8 Å². The zero-order valence-electron chi connectivity index (χ0n) is 19.6. The van der Waals surface area contributed by atoms with Crippen LogP contribution in [0.5, 0.6) is 0 Å². The number of rotatable bonds is 8. The molecule has 0 aliphatic rings. The minimum absolute atomic E-state index is 0.236. The van der Waals surface area contributed by atoms with E-state index < -0.39 is 11.8 Å². The van der Waals surface area contributed by atoms with Gasteiger partial charge in [-0.15, -0.1) is 0 Å². The van der Waals surface area contributed by atoms with Gasteiger partial charge in [-0.3, -0.25) is 14.6 Å². The molecular formula is C27H23Br2N5O2. The highest BCUT2D eigenvalue weighted by molar-refractivity contribution is 9.12. The first-order chi connectivity index (χ1) is 17.3. The molecule has 36 heavy (non-hydrogen) atoms. The molecule has 9 heteroatoms. The molecule has 2 aromatic carbocycles. The fraction of sp³-hybridized carbons (Fsp3) is 0.0741. The van der Waals surface area contributed by atoms with Crippen molar-refractivity contribution in [1.82, 2.24) is 15.8 Å². The predicted octanol–water partition coefficient (Wildman–Crippen LogP) is 6.00. The minimum atomic E-state index is -0.484. The van der Waals surface area contributed by atoms with Crippen LogP contribution in [0.25, 0.3) is 12.2 Å². The molecule has 0 fully saturated rings. The summed E-state index contributed by atoms with van der Waals surface area (Å²) in [6.07, 6.45) is 6.69. The van der Waals surface area contributed by atoms with Crippen molar-refractivity contribution >= 4 is 68.3 Å². The Hall–Kier alpha value is -3.69. The number of carbonyl (C=O) groups is 2. The molecule has 0 bridgehead atoms. The quantitative estimate of drug-likeness (QED) is 0.242. The Bertz CT molecular complexity index is 1250. The number of aromatic nitrogens is 1. The van der Waals surface area contributed by atoms with Gasteiger partial charge in [-0.25, -0.2) is 10.9 Å². The average Bonchev–Trinajstić information content (AvgIpc) is 2.85. The summed E-state index contributed by atoms with van der Waals surface area (Å²) in [6, 6.07) is 20.9. The third-order valence-electron chi connectivity index (χ3n) is 4.81. The molecule has 182 valence electrons. The van der Waals surface area contributed by atoms with Crippen molar-refractivity contribution < 1.29 is 9.59 Å². The zero-order valence-corrected chi connectivity index (χ0v) is 22.7. The zero-order chi connectivity index (χ0) is 25.9. The molecule has 0 atom stereocenters. The highest BCUT2D eigenvalue weighted by Crippen LogP contribution is 2.14. The van der Waals surface area contributed by atoms with Crippen LogP contribution >= 0.6 is 31.9 Å². The number of nitrogens with one attached hydrogen (secondary N) is 2. The molecule has 1 heterocycles. The van der Waals surface area contributed by atoms with E-state index in [1.165, 1.54) is 18.5 Å². The number of carbonyl (C=O) groups excluding carboxylic acids is 2. The van der Waals surface area contributed by atoms with Crippen LogP contribution in [0.15, 0.2) is 85.9 Å². The van der Waals surface area contributed by atoms with Gasteiger partial charge in [0.1, 0.15) is 0 Å². The Morgan fingerprint density at radius 3 is 1.50 bits per heavy atom. The summed E-state index contributed by atoms with van der Waals surface area (Å²) in [4.78, 5) is 29.7. The monoisotopic (exact) mass is 607 g/mol. The van der Waals surface area contributed by atoms with Crippen molar-refractivity contribution in [3.63, 3.8) is 0 Å². The minimum Gasteiger partial charge on any atom is -0.267 e. The van der Waals surface area contributed by atoms with Gasteiger partial charge in [0.15, 0.2) is 0 Å². The van der Waals surface area contributed by atoms with Crippen LogP contribution in [0.4, 0.5) is 0 Å². The van der Waals surface area contributed by atoms with E-state index in [4.69, 9.17) is 0 Å². The van der Waals surface area contributed by atoms with E-state index in [9.17, 15) is 9.59 Å². The molecule has 0 radical (unpaired) electrons. The number of pyridine rings is 1. The lowest BCUT2D eigenvalue weighted by Crippen LogP contribution is -2.23. The normalized spacial score (nSPS) is 12.2. The molecule has 0 saturated heterocycles. The fourth-order valence-electron chi connectivity index (χ4n) is 3.10. The molecule has 0 aliphatic carbocycles. The van der Waals surface area contributed by atoms with Gasteiger partial charge in [-0.05, 0) is 75.1 Å². The summed E-state index contributed by atoms with van der Waals surface area (Å²) in [5, 5.41) is 7.96. The highest BCUT2D eigenvalue weighted by atomic mass is 79.9. The number of halogens is 2. The van der Waals surface area contributed by atoms with Crippen LogP contribution in [0.2, 0.25) is 0 Å². The second-order valence-electron chi connectivity index (χ2n) is 7.53. The molecule has 1 aromatic heterocycles. The molecule has 2 amide bonds. The lowest BCUT2D eigenvalue weighted by molar-refractivity contribution is 0.0954. The van der Waals surface area contributed by atoms with Crippen molar-refractivity contribution in [2.24, 2.45) is 10.2 Å². The summed E-state index contributed by atoms with van der Waals surface area (Å²) in [5.41, 5.74) is 8.34. The molecule has 0 aliphatic heterocycles. The van der Waals surface area contributed by atoms with Gasteiger partial charge in [-0.1, -0.05) is 60.7 Å². The summed E-state index contributed by atoms with van der Waals surface area (Å²) in [7, 11) is 0. The number of hydrogen-bond donors (Lipinski definition) is 2. The van der Waals surface area contributed by atoms with Crippen LogP contribution in [0.3, 0.4) is 0 Å². The molecule has 0 saturated carbocycles. The molecular weight excluding hydrogens is 586 g/mol. The second kappa shape index (κ2) is 13.4. The Morgan fingerprint density at radius 1 is 0.722 bits per heavy atom. The smallest absolute Gasteiger partial charge is 0.267 e. The van der Waals surface area contributed by atoms with Crippen molar-refractivity contribution in [2.75, 3.05) is 0 Å². The van der Waals surface area contributed by atoms with Gasteiger partial charge in [0.25, 0.3) is 11.8 Å². The van der Waals surface area contributed by atoms with E-state index >= 15 is 0 Å². The first-order valence-corrected chi connectivity index (χ1v) is 12.4. The maximum atomic E-state index is 12.7. The number of aryl methyl sites for hydroxylation is 2. The third-order valence-corrected chi connectivity index (χ3v) is 5.68. The maximum absolute atomic E-state index is 12.7. The highest BCUT2D eigenvalue weighted by Gasteiger charge is 2.17. The van der Waals surface area contributed by atoms with Gasteiger partial charge in [0.2, 0.25) is 0 Å². The van der Waals surface area contributed by atoms with Gasteiger partial charge in [-0.2, -0.15) is 10.2 Å². The molecule has 0 spiro atoms. The molecule has 2 N–H and O–H groups in total. The standard InChI is InChI=1S/C27H23Br2N5O2/c1-18-24(26(35)33-30-16-22(28)13-20-9-5-3-6-10-20)15-25(19(2)32-18)27(36)34-31-17-23(29)14-21-11-7-4-8-12-21/h3-17H,1-2H3,(H,33,35)(H,34,36)/b22-13-,23-14-,30-16+,31-17+. The van der Waals surface area contributed by atoms with E-state index in [0.29, 0.717) is 20.4 Å². The molecule has 3 aromatic rings. The van der Waals surface area contributed by atoms with Crippen LogP contribution in [0.1, 0.15) is 43.2 Å². The Labute approximate surface area is 226 Å². The SMILES string of the molecule is Cc1nc(C)c(C(=O)N/N=C/C(Br)=C/c2ccccc2)cc1C(=O)N/N=C/C(Br)=C/c1ccccc1. The fourth-order valence-corrected chi connectivity index (χ4v) is 3.84. The maximum Gasteiger partial charge on any atom is 0.273 e. The predicted molar refractivity (Wildman–Crippen MR) is 152 cm³/mol. The lowest BCUT2D eigenvalue weighted by Gasteiger charge is -2.09. The van der Waals surface area contributed by atoms with Crippen molar-refractivity contribution in [1.29, 1.82) is 0 Å². The van der Waals surface area contributed by atoms with Crippen LogP contribution in [-0.2, 0) is 0 Å². The third kappa shape index (κ3) is 8.21. The van der Waals surface area contributed by atoms with E-state index in [2.05, 4.69) is 57.9 Å². The first-order valence-electron chi connectivity index (χ1n) is 10.8. The Kier molecular flexibility index (Phi) is 10.0.